The molecule has 3 nitrogen and oxygen atoms in total. The molecule has 0 aliphatic carbocycles. The average Bonchev–Trinajstić information content (AvgIpc) is 2.30. The van der Waals surface area contributed by atoms with Crippen LogP contribution in [0.2, 0.25) is 0 Å². The van der Waals surface area contributed by atoms with Crippen molar-refractivity contribution in [3.05, 3.63) is 17.6 Å². The van der Waals surface area contributed by atoms with Crippen LogP contribution < -0.4 is 5.32 Å². The number of anilines is 1. The van der Waals surface area contributed by atoms with E-state index in [-0.39, 0.29) is 0 Å². The van der Waals surface area contributed by atoms with Gasteiger partial charge in [0.05, 0.1) is 5.25 Å². The molecule has 5 heteroatoms. The Balaban J connectivity index is 2.18. The van der Waals surface area contributed by atoms with Crippen molar-refractivity contribution >= 4 is 29.3 Å². The molecule has 0 aromatic carbocycles. The van der Waals surface area contributed by atoms with Crippen LogP contribution in [0, 0.1) is 6.92 Å². The molecule has 0 saturated carbocycles. The minimum absolute atomic E-state index is 0.469. The van der Waals surface area contributed by atoms with Crippen LogP contribution in [0.5, 0.6) is 0 Å². The number of aromatic nitrogens is 2. The predicted octanol–water partition coefficient (Wildman–Crippen LogP) is 2.74. The van der Waals surface area contributed by atoms with Gasteiger partial charge in [0.25, 0.3) is 0 Å². The Hall–Kier alpha value is -0.420. The third-order valence-electron chi connectivity index (χ3n) is 2.33. The van der Waals surface area contributed by atoms with E-state index in [1.807, 2.05) is 36.5 Å². The maximum absolute atomic E-state index is 4.59. The van der Waals surface area contributed by atoms with Crippen molar-refractivity contribution < 1.29 is 0 Å². The fraction of sp³-hybridized carbons (Fsp3) is 0.636. The summed E-state index contributed by atoms with van der Waals surface area (Å²) in [6, 6.07) is 2.01. The summed E-state index contributed by atoms with van der Waals surface area (Å²) in [7, 11) is 0. The summed E-state index contributed by atoms with van der Waals surface area (Å²) in [5.41, 5.74) is 1.05. The number of rotatable bonds is 3. The molecule has 0 radical (unpaired) electrons. The second-order valence-corrected chi connectivity index (χ2v) is 6.18. The van der Waals surface area contributed by atoms with Crippen molar-refractivity contribution in [1.82, 2.24) is 9.97 Å². The summed E-state index contributed by atoms with van der Waals surface area (Å²) in [5, 5.41) is 3.73. The van der Waals surface area contributed by atoms with Crippen molar-refractivity contribution in [2.75, 3.05) is 29.1 Å². The van der Waals surface area contributed by atoms with Gasteiger partial charge >= 0.3 is 0 Å². The highest BCUT2D eigenvalue weighted by Crippen LogP contribution is 2.35. The quantitative estimate of drug-likeness (QED) is 0.899. The first-order valence-corrected chi connectivity index (χ1v) is 7.78. The van der Waals surface area contributed by atoms with Crippen LogP contribution in [0.3, 0.4) is 0 Å². The van der Waals surface area contributed by atoms with Crippen LogP contribution in [0.1, 0.15) is 23.7 Å². The third kappa shape index (κ3) is 3.04. The minimum Gasteiger partial charge on any atom is -0.370 e. The summed E-state index contributed by atoms with van der Waals surface area (Å²) in [5.74, 6) is 5.56. The van der Waals surface area contributed by atoms with Gasteiger partial charge in [0.2, 0.25) is 0 Å². The first-order chi connectivity index (χ1) is 7.79. The Labute approximate surface area is 105 Å². The summed E-state index contributed by atoms with van der Waals surface area (Å²) in [6.45, 7) is 5.03. The fourth-order valence-electron chi connectivity index (χ4n) is 1.64. The molecule has 1 saturated heterocycles. The van der Waals surface area contributed by atoms with Gasteiger partial charge in [-0.2, -0.15) is 11.8 Å². The van der Waals surface area contributed by atoms with Crippen molar-refractivity contribution in [2.24, 2.45) is 0 Å². The molecule has 1 aliphatic heterocycles. The molecule has 1 fully saturated rings. The van der Waals surface area contributed by atoms with E-state index in [1.54, 1.807) is 0 Å². The zero-order valence-corrected chi connectivity index (χ0v) is 11.3. The van der Waals surface area contributed by atoms with Gasteiger partial charge in [0.15, 0.2) is 0 Å². The van der Waals surface area contributed by atoms with Gasteiger partial charge < -0.3 is 5.32 Å². The molecule has 1 aromatic heterocycles. The second-order valence-electron chi connectivity index (χ2n) is 3.72. The molecule has 1 unspecified atom stereocenters. The molecular formula is C11H17N3S2. The molecule has 2 rings (SSSR count). The predicted molar refractivity (Wildman–Crippen MR) is 73.5 cm³/mol. The van der Waals surface area contributed by atoms with Crippen LogP contribution in [-0.4, -0.2) is 33.8 Å². The first-order valence-electron chi connectivity index (χ1n) is 5.58. The number of nitrogens with one attached hydrogen (secondary N) is 1. The van der Waals surface area contributed by atoms with E-state index < -0.39 is 0 Å². The number of hydrogen-bond acceptors (Lipinski definition) is 5. The summed E-state index contributed by atoms with van der Waals surface area (Å²) >= 11 is 3.98. The van der Waals surface area contributed by atoms with E-state index in [1.165, 1.54) is 11.5 Å². The number of thioether (sulfide) groups is 2. The highest BCUT2D eigenvalue weighted by molar-refractivity contribution is 8.06. The summed E-state index contributed by atoms with van der Waals surface area (Å²) in [4.78, 5) is 9.15. The Morgan fingerprint density at radius 2 is 2.31 bits per heavy atom. The van der Waals surface area contributed by atoms with Crippen LogP contribution in [0.25, 0.3) is 0 Å². The van der Waals surface area contributed by atoms with Crippen molar-refractivity contribution in [3.8, 4) is 0 Å². The molecule has 1 aromatic rings. The molecule has 0 amide bonds. The van der Waals surface area contributed by atoms with Crippen molar-refractivity contribution in [1.29, 1.82) is 0 Å². The summed E-state index contributed by atoms with van der Waals surface area (Å²) < 4.78 is 0. The van der Waals surface area contributed by atoms with Gasteiger partial charge in [-0.15, -0.1) is 11.8 Å². The Kier molecular flexibility index (Phi) is 4.35. The largest absolute Gasteiger partial charge is 0.370 e. The average molecular weight is 255 g/mol. The SMILES string of the molecule is CCNc1cc(C)nc(C2CSCCS2)n1. The highest BCUT2D eigenvalue weighted by atomic mass is 32.2. The standard InChI is InChI=1S/C11H17N3S2/c1-3-12-10-6-8(2)13-11(14-10)9-7-15-4-5-16-9/h6,9H,3-5,7H2,1-2H3,(H,12,13,14). The van der Waals surface area contributed by atoms with Gasteiger partial charge in [-0.25, -0.2) is 9.97 Å². The Morgan fingerprint density at radius 3 is 3.00 bits per heavy atom. The molecule has 0 bridgehead atoms. The van der Waals surface area contributed by atoms with Crippen molar-refractivity contribution in [2.45, 2.75) is 19.1 Å². The minimum atomic E-state index is 0.469. The van der Waals surface area contributed by atoms with E-state index in [0.717, 1.165) is 29.6 Å². The number of aryl methyl sites for hydroxylation is 1. The van der Waals surface area contributed by atoms with E-state index in [4.69, 9.17) is 0 Å². The molecule has 1 aliphatic rings. The molecule has 0 spiro atoms. The van der Waals surface area contributed by atoms with Gasteiger partial charge in [-0.1, -0.05) is 0 Å². The lowest BCUT2D eigenvalue weighted by atomic mass is 10.3. The lowest BCUT2D eigenvalue weighted by molar-refractivity contribution is 0.902. The maximum Gasteiger partial charge on any atom is 0.144 e. The Bertz CT molecular complexity index is 351. The third-order valence-corrected chi connectivity index (χ3v) is 5.08. The zero-order chi connectivity index (χ0) is 11.4. The lowest BCUT2D eigenvalue weighted by Gasteiger charge is -2.20. The zero-order valence-electron chi connectivity index (χ0n) is 9.69. The van der Waals surface area contributed by atoms with E-state index in [0.29, 0.717) is 5.25 Å². The lowest BCUT2D eigenvalue weighted by Crippen LogP contribution is -2.12. The normalized spacial score (nSPS) is 20.8. The molecular weight excluding hydrogens is 238 g/mol. The summed E-state index contributed by atoms with van der Waals surface area (Å²) in [6.07, 6.45) is 0. The molecule has 88 valence electrons. The van der Waals surface area contributed by atoms with E-state index in [2.05, 4.69) is 22.2 Å². The van der Waals surface area contributed by atoms with Gasteiger partial charge in [0.1, 0.15) is 11.6 Å². The first kappa shape index (κ1) is 12.0. The van der Waals surface area contributed by atoms with Crippen LogP contribution >= 0.6 is 23.5 Å². The smallest absolute Gasteiger partial charge is 0.144 e. The van der Waals surface area contributed by atoms with Crippen LogP contribution in [0.15, 0.2) is 6.07 Å². The Morgan fingerprint density at radius 1 is 1.44 bits per heavy atom. The fourth-order valence-corrected chi connectivity index (χ4v) is 4.24. The second kappa shape index (κ2) is 5.77. The number of hydrogen-bond donors (Lipinski definition) is 1. The van der Waals surface area contributed by atoms with Gasteiger partial charge in [-0.3, -0.25) is 0 Å². The van der Waals surface area contributed by atoms with Gasteiger partial charge in [0, 0.05) is 35.6 Å². The van der Waals surface area contributed by atoms with Crippen LogP contribution in [0.4, 0.5) is 5.82 Å². The molecule has 2 heterocycles. The van der Waals surface area contributed by atoms with E-state index in [9.17, 15) is 0 Å². The number of nitrogens with zero attached hydrogens (tertiary/aromatic N) is 2. The van der Waals surface area contributed by atoms with Crippen LogP contribution in [-0.2, 0) is 0 Å². The molecule has 16 heavy (non-hydrogen) atoms. The molecule has 1 atom stereocenters. The van der Waals surface area contributed by atoms with E-state index >= 15 is 0 Å². The highest BCUT2D eigenvalue weighted by Gasteiger charge is 2.19. The monoisotopic (exact) mass is 255 g/mol. The maximum atomic E-state index is 4.59. The van der Waals surface area contributed by atoms with Crippen molar-refractivity contribution in [3.63, 3.8) is 0 Å². The van der Waals surface area contributed by atoms with Gasteiger partial charge in [-0.05, 0) is 13.8 Å². The topological polar surface area (TPSA) is 37.8 Å². The molecule has 1 N–H and O–H groups in total.